The Balaban J connectivity index is 1.25. The van der Waals surface area contributed by atoms with Crippen LogP contribution in [0.4, 0.5) is 19.0 Å². The molecule has 1 amide bonds. The Morgan fingerprint density at radius 3 is 2.43 bits per heavy atom. The molecule has 4 heterocycles. The lowest BCUT2D eigenvalue weighted by Crippen LogP contribution is -2.49. The van der Waals surface area contributed by atoms with Crippen molar-refractivity contribution < 1.29 is 22.7 Å². The van der Waals surface area contributed by atoms with Crippen LogP contribution < -0.4 is 9.64 Å². The fourth-order valence-corrected chi connectivity index (χ4v) is 3.86. The van der Waals surface area contributed by atoms with Gasteiger partial charge in [-0.25, -0.2) is 15.0 Å². The minimum Gasteiger partial charge on any atom is -0.439 e. The Bertz CT molecular complexity index is 1340. The molecule has 0 unspecified atom stereocenters. The zero-order valence-corrected chi connectivity index (χ0v) is 18.4. The Labute approximate surface area is 198 Å². The molecule has 0 spiro atoms. The van der Waals surface area contributed by atoms with Crippen LogP contribution >= 0.6 is 0 Å². The lowest BCUT2D eigenvalue weighted by molar-refractivity contribution is -0.137. The summed E-state index contributed by atoms with van der Waals surface area (Å²) in [5, 5.41) is 0.728. The third-order valence-corrected chi connectivity index (χ3v) is 5.71. The summed E-state index contributed by atoms with van der Waals surface area (Å²) in [6.07, 6.45) is -1.98. The van der Waals surface area contributed by atoms with E-state index < -0.39 is 11.7 Å². The predicted octanol–water partition coefficient (Wildman–Crippen LogP) is 4.80. The molecule has 1 fully saturated rings. The molecule has 1 aliphatic heterocycles. The van der Waals surface area contributed by atoms with Crippen LogP contribution in [0, 0.1) is 0 Å². The normalized spacial score (nSPS) is 14.3. The molecular formula is C25H20F3N5O2. The highest BCUT2D eigenvalue weighted by Crippen LogP contribution is 2.30. The number of alkyl halides is 3. The molecule has 4 aromatic rings. The lowest BCUT2D eigenvalue weighted by atomic mass is 10.1. The monoisotopic (exact) mass is 479 g/mol. The minimum atomic E-state index is -4.46. The van der Waals surface area contributed by atoms with Gasteiger partial charge in [0.25, 0.3) is 5.91 Å². The van der Waals surface area contributed by atoms with E-state index in [4.69, 9.17) is 4.74 Å². The summed E-state index contributed by atoms with van der Waals surface area (Å²) in [6.45, 7) is 2.52. The highest BCUT2D eigenvalue weighted by atomic mass is 19.4. The van der Waals surface area contributed by atoms with Gasteiger partial charge in [0, 0.05) is 50.0 Å². The Morgan fingerprint density at radius 2 is 1.74 bits per heavy atom. The number of hydrogen-bond acceptors (Lipinski definition) is 6. The second-order valence-corrected chi connectivity index (χ2v) is 8.00. The number of nitrogens with zero attached hydrogens (tertiary/aromatic N) is 5. The predicted molar refractivity (Wildman–Crippen MR) is 123 cm³/mol. The zero-order chi connectivity index (χ0) is 24.4. The Hall–Kier alpha value is -4.21. The van der Waals surface area contributed by atoms with Crippen molar-refractivity contribution in [3.05, 3.63) is 84.3 Å². The number of benzene rings is 1. The van der Waals surface area contributed by atoms with Gasteiger partial charge in [-0.15, -0.1) is 0 Å². The van der Waals surface area contributed by atoms with Crippen LogP contribution in [0.15, 0.2) is 73.1 Å². The summed E-state index contributed by atoms with van der Waals surface area (Å²) in [5.74, 6) is 1.20. The van der Waals surface area contributed by atoms with E-state index in [1.807, 2.05) is 18.2 Å². The smallest absolute Gasteiger partial charge is 0.417 e. The number of halogens is 3. The van der Waals surface area contributed by atoms with E-state index in [0.717, 1.165) is 23.5 Å². The van der Waals surface area contributed by atoms with Gasteiger partial charge in [-0.1, -0.05) is 12.1 Å². The van der Waals surface area contributed by atoms with Crippen molar-refractivity contribution in [3.8, 4) is 11.6 Å². The molecule has 35 heavy (non-hydrogen) atoms. The van der Waals surface area contributed by atoms with E-state index in [0.29, 0.717) is 43.1 Å². The van der Waals surface area contributed by atoms with Crippen molar-refractivity contribution in [2.45, 2.75) is 6.18 Å². The number of aromatic nitrogens is 3. The number of hydrogen-bond donors (Lipinski definition) is 0. The van der Waals surface area contributed by atoms with E-state index in [1.54, 1.807) is 41.4 Å². The third-order valence-electron chi connectivity index (χ3n) is 5.71. The van der Waals surface area contributed by atoms with Crippen molar-refractivity contribution in [2.24, 2.45) is 0 Å². The van der Waals surface area contributed by atoms with Crippen molar-refractivity contribution in [1.82, 2.24) is 19.9 Å². The molecule has 1 aliphatic rings. The molecule has 0 N–H and O–H groups in total. The Morgan fingerprint density at radius 1 is 0.914 bits per heavy atom. The first-order valence-corrected chi connectivity index (χ1v) is 10.9. The lowest BCUT2D eigenvalue weighted by Gasteiger charge is -2.35. The van der Waals surface area contributed by atoms with Gasteiger partial charge in [0.15, 0.2) is 0 Å². The van der Waals surface area contributed by atoms with Gasteiger partial charge in [0.2, 0.25) is 5.88 Å². The largest absolute Gasteiger partial charge is 0.439 e. The maximum absolute atomic E-state index is 13.0. The molecule has 0 saturated carbocycles. The number of fused-ring (bicyclic) bond motifs is 1. The average molecular weight is 479 g/mol. The van der Waals surface area contributed by atoms with E-state index in [2.05, 4.69) is 19.9 Å². The van der Waals surface area contributed by atoms with Crippen LogP contribution in [0.2, 0.25) is 0 Å². The molecule has 1 saturated heterocycles. The maximum Gasteiger partial charge on any atom is 0.417 e. The van der Waals surface area contributed by atoms with Gasteiger partial charge in [-0.2, -0.15) is 13.2 Å². The van der Waals surface area contributed by atoms with Crippen LogP contribution in [0.25, 0.3) is 10.9 Å². The van der Waals surface area contributed by atoms with Crippen molar-refractivity contribution in [2.75, 3.05) is 31.1 Å². The molecule has 1 aromatic carbocycles. The second kappa shape index (κ2) is 9.21. The second-order valence-electron chi connectivity index (χ2n) is 8.00. The van der Waals surface area contributed by atoms with E-state index in [9.17, 15) is 18.0 Å². The SMILES string of the molecule is O=C(c1ccc2cc(Oc3ccc(C(F)(F)F)cn3)ccc2n1)N1CCN(c2ccccn2)CC1. The van der Waals surface area contributed by atoms with Gasteiger partial charge < -0.3 is 14.5 Å². The molecule has 0 bridgehead atoms. The first-order valence-electron chi connectivity index (χ1n) is 10.9. The number of rotatable bonds is 4. The zero-order valence-electron chi connectivity index (χ0n) is 18.4. The topological polar surface area (TPSA) is 71.5 Å². The quantitative estimate of drug-likeness (QED) is 0.419. The molecule has 0 radical (unpaired) electrons. The number of carbonyl (C=O) groups excluding carboxylic acids is 1. The van der Waals surface area contributed by atoms with Gasteiger partial charge in [-0.05, 0) is 42.5 Å². The molecule has 0 aliphatic carbocycles. The highest BCUT2D eigenvalue weighted by Gasteiger charge is 2.30. The van der Waals surface area contributed by atoms with Crippen LogP contribution in [-0.2, 0) is 6.18 Å². The van der Waals surface area contributed by atoms with Crippen LogP contribution in [0.5, 0.6) is 11.6 Å². The van der Waals surface area contributed by atoms with Crippen LogP contribution in [0.3, 0.4) is 0 Å². The van der Waals surface area contributed by atoms with Crippen LogP contribution in [0.1, 0.15) is 16.1 Å². The minimum absolute atomic E-state index is 0.0435. The molecule has 7 nitrogen and oxygen atoms in total. The summed E-state index contributed by atoms with van der Waals surface area (Å²) in [7, 11) is 0. The highest BCUT2D eigenvalue weighted by molar-refractivity contribution is 5.95. The van der Waals surface area contributed by atoms with Gasteiger partial charge in [0.1, 0.15) is 17.3 Å². The van der Waals surface area contributed by atoms with Crippen molar-refractivity contribution in [1.29, 1.82) is 0 Å². The summed E-state index contributed by atoms with van der Waals surface area (Å²) in [6, 6.07) is 16.3. The third kappa shape index (κ3) is 5.01. The molecule has 10 heteroatoms. The van der Waals surface area contributed by atoms with E-state index >= 15 is 0 Å². The molecule has 5 rings (SSSR count). The molecule has 0 atom stereocenters. The number of pyridine rings is 3. The first-order chi connectivity index (χ1) is 16.9. The van der Waals surface area contributed by atoms with Gasteiger partial charge in [-0.3, -0.25) is 4.79 Å². The van der Waals surface area contributed by atoms with Gasteiger partial charge in [0.05, 0.1) is 11.1 Å². The Kier molecular flexibility index (Phi) is 5.94. The standard InChI is InChI=1S/C25H20F3N5O2/c26-25(27,28)18-5-9-23(30-16-18)35-19-6-8-20-17(15-19)4-7-21(31-20)24(34)33-13-11-32(12-14-33)22-3-1-2-10-29-22/h1-10,15-16H,11-14H2. The maximum atomic E-state index is 13.0. The first kappa shape index (κ1) is 22.6. The summed E-state index contributed by atoms with van der Waals surface area (Å²) < 4.78 is 43.7. The summed E-state index contributed by atoms with van der Waals surface area (Å²) in [4.78, 5) is 29.5. The summed E-state index contributed by atoms with van der Waals surface area (Å²) >= 11 is 0. The van der Waals surface area contributed by atoms with Gasteiger partial charge >= 0.3 is 6.18 Å². The average Bonchev–Trinajstić information content (AvgIpc) is 2.88. The number of ether oxygens (including phenoxy) is 1. The fourth-order valence-electron chi connectivity index (χ4n) is 3.86. The number of piperazine rings is 1. The van der Waals surface area contributed by atoms with Crippen LogP contribution in [-0.4, -0.2) is 51.9 Å². The van der Waals surface area contributed by atoms with Crippen molar-refractivity contribution in [3.63, 3.8) is 0 Å². The van der Waals surface area contributed by atoms with E-state index in [-0.39, 0.29) is 11.8 Å². The molecule has 3 aromatic heterocycles. The fraction of sp³-hybridized carbons (Fsp3) is 0.200. The summed E-state index contributed by atoms with van der Waals surface area (Å²) in [5.41, 5.74) is 0.112. The molecular weight excluding hydrogens is 459 g/mol. The number of amides is 1. The van der Waals surface area contributed by atoms with E-state index in [1.165, 1.54) is 6.07 Å². The number of carbonyl (C=O) groups is 1. The van der Waals surface area contributed by atoms with Crippen molar-refractivity contribution >= 4 is 22.6 Å². The molecule has 178 valence electrons. The number of anilines is 1.